The van der Waals surface area contributed by atoms with Crippen molar-refractivity contribution < 1.29 is 0 Å². The lowest BCUT2D eigenvalue weighted by Gasteiger charge is -2.18. The van der Waals surface area contributed by atoms with Crippen LogP contribution in [0.2, 0.25) is 0 Å². The maximum Gasteiger partial charge on any atom is 0.260 e. The number of hydrogen-bond acceptors (Lipinski definition) is 4. The molecule has 2 aromatic carbocycles. The standard InChI is InChI=1S/C20H19N5O/c1-24(20-22-17-10-6-5-9-16(17)19(26)23-20)14-18-21-11-12-25(18)13-15-7-3-2-4-8-15/h2-12H,13-14H2,1H3,(H,22,23,26). The molecule has 0 fully saturated rings. The smallest absolute Gasteiger partial charge is 0.260 e. The number of fused-ring (bicyclic) bond motifs is 1. The third kappa shape index (κ3) is 3.21. The Hall–Kier alpha value is -3.41. The van der Waals surface area contributed by atoms with Crippen LogP contribution >= 0.6 is 0 Å². The molecule has 4 rings (SSSR count). The first-order valence-corrected chi connectivity index (χ1v) is 8.45. The molecule has 26 heavy (non-hydrogen) atoms. The predicted molar refractivity (Wildman–Crippen MR) is 102 cm³/mol. The summed E-state index contributed by atoms with van der Waals surface area (Å²) in [6.07, 6.45) is 3.76. The van der Waals surface area contributed by atoms with E-state index in [1.165, 1.54) is 5.56 Å². The molecule has 0 saturated heterocycles. The van der Waals surface area contributed by atoms with Crippen LogP contribution in [0.3, 0.4) is 0 Å². The van der Waals surface area contributed by atoms with Gasteiger partial charge in [-0.05, 0) is 17.7 Å². The van der Waals surface area contributed by atoms with Crippen molar-refractivity contribution in [3.05, 3.63) is 88.7 Å². The molecule has 0 saturated carbocycles. The molecule has 1 N–H and O–H groups in total. The van der Waals surface area contributed by atoms with Gasteiger partial charge in [0.1, 0.15) is 5.82 Å². The zero-order valence-corrected chi connectivity index (χ0v) is 14.5. The number of aromatic nitrogens is 4. The number of benzene rings is 2. The van der Waals surface area contributed by atoms with Gasteiger partial charge in [-0.3, -0.25) is 9.78 Å². The number of nitrogens with one attached hydrogen (secondary N) is 1. The van der Waals surface area contributed by atoms with Crippen molar-refractivity contribution in [2.24, 2.45) is 0 Å². The number of anilines is 1. The number of imidazole rings is 1. The number of hydrogen-bond donors (Lipinski definition) is 1. The van der Waals surface area contributed by atoms with E-state index in [4.69, 9.17) is 0 Å². The van der Waals surface area contributed by atoms with Crippen LogP contribution in [-0.4, -0.2) is 26.6 Å². The van der Waals surface area contributed by atoms with E-state index in [0.29, 0.717) is 23.4 Å². The summed E-state index contributed by atoms with van der Waals surface area (Å²) in [6.45, 7) is 1.30. The van der Waals surface area contributed by atoms with Crippen LogP contribution in [0.4, 0.5) is 5.95 Å². The Bertz CT molecular complexity index is 1080. The van der Waals surface area contributed by atoms with E-state index in [1.807, 2.05) is 54.5 Å². The molecule has 0 atom stereocenters. The van der Waals surface area contributed by atoms with E-state index in [0.717, 1.165) is 12.4 Å². The average molecular weight is 345 g/mol. The van der Waals surface area contributed by atoms with Crippen LogP contribution in [0.25, 0.3) is 10.9 Å². The highest BCUT2D eigenvalue weighted by Gasteiger charge is 2.11. The third-order valence-electron chi connectivity index (χ3n) is 4.34. The van der Waals surface area contributed by atoms with Gasteiger partial charge in [0.05, 0.1) is 17.4 Å². The molecule has 0 bridgehead atoms. The lowest BCUT2D eigenvalue weighted by atomic mass is 10.2. The maximum absolute atomic E-state index is 12.3. The lowest BCUT2D eigenvalue weighted by molar-refractivity contribution is 0.700. The van der Waals surface area contributed by atoms with E-state index in [-0.39, 0.29) is 5.56 Å². The number of rotatable bonds is 5. The number of H-pyrrole nitrogens is 1. The first-order chi connectivity index (χ1) is 12.7. The van der Waals surface area contributed by atoms with E-state index >= 15 is 0 Å². The SMILES string of the molecule is CN(Cc1nccn1Cc1ccccc1)c1nc2ccccc2c(=O)[nH]1. The van der Waals surface area contributed by atoms with Gasteiger partial charge in [-0.25, -0.2) is 9.97 Å². The molecule has 0 amide bonds. The number of nitrogens with zero attached hydrogens (tertiary/aromatic N) is 4. The molecule has 0 radical (unpaired) electrons. The molecule has 130 valence electrons. The highest BCUT2D eigenvalue weighted by atomic mass is 16.1. The molecule has 4 aromatic rings. The normalized spacial score (nSPS) is 11.0. The highest BCUT2D eigenvalue weighted by Crippen LogP contribution is 2.13. The molecule has 0 aliphatic carbocycles. The first-order valence-electron chi connectivity index (χ1n) is 8.45. The van der Waals surface area contributed by atoms with Gasteiger partial charge in [0.2, 0.25) is 5.95 Å². The second kappa shape index (κ2) is 6.84. The molecule has 0 unspecified atom stereocenters. The Kier molecular flexibility index (Phi) is 4.23. The van der Waals surface area contributed by atoms with Gasteiger partial charge in [0.25, 0.3) is 5.56 Å². The molecule has 6 nitrogen and oxygen atoms in total. The van der Waals surface area contributed by atoms with Crippen LogP contribution in [0, 0.1) is 0 Å². The van der Waals surface area contributed by atoms with Crippen LogP contribution in [-0.2, 0) is 13.1 Å². The van der Waals surface area contributed by atoms with Crippen LogP contribution < -0.4 is 10.5 Å². The van der Waals surface area contributed by atoms with Gasteiger partial charge < -0.3 is 9.47 Å². The molecule has 0 aliphatic heterocycles. The largest absolute Gasteiger partial charge is 0.338 e. The summed E-state index contributed by atoms with van der Waals surface area (Å²) in [5.74, 6) is 1.44. The minimum atomic E-state index is -0.134. The minimum Gasteiger partial charge on any atom is -0.338 e. The summed E-state index contributed by atoms with van der Waals surface area (Å²) in [7, 11) is 1.90. The summed E-state index contributed by atoms with van der Waals surface area (Å²) in [4.78, 5) is 26.1. The summed E-state index contributed by atoms with van der Waals surface area (Å²) >= 11 is 0. The second-order valence-corrected chi connectivity index (χ2v) is 6.22. The van der Waals surface area contributed by atoms with E-state index in [2.05, 4.69) is 31.7 Å². The monoisotopic (exact) mass is 345 g/mol. The molecule has 0 aliphatic rings. The molecular weight excluding hydrogens is 326 g/mol. The van der Waals surface area contributed by atoms with Gasteiger partial charge in [0, 0.05) is 26.0 Å². The van der Waals surface area contributed by atoms with Crippen molar-refractivity contribution in [1.82, 2.24) is 19.5 Å². The second-order valence-electron chi connectivity index (χ2n) is 6.22. The quantitative estimate of drug-likeness (QED) is 0.604. The topological polar surface area (TPSA) is 66.8 Å². The van der Waals surface area contributed by atoms with E-state index < -0.39 is 0 Å². The fourth-order valence-corrected chi connectivity index (χ4v) is 2.96. The lowest BCUT2D eigenvalue weighted by Crippen LogP contribution is -2.24. The molecule has 6 heteroatoms. The van der Waals surface area contributed by atoms with E-state index in [9.17, 15) is 4.79 Å². The first kappa shape index (κ1) is 16.1. The summed E-state index contributed by atoms with van der Waals surface area (Å²) in [6, 6.07) is 17.6. The summed E-state index contributed by atoms with van der Waals surface area (Å²) < 4.78 is 2.10. The van der Waals surface area contributed by atoms with Crippen molar-refractivity contribution in [2.75, 3.05) is 11.9 Å². The van der Waals surface area contributed by atoms with Crippen molar-refractivity contribution in [3.8, 4) is 0 Å². The number of para-hydroxylation sites is 1. The van der Waals surface area contributed by atoms with Gasteiger partial charge in [-0.2, -0.15) is 0 Å². The average Bonchev–Trinajstić information content (AvgIpc) is 3.09. The minimum absolute atomic E-state index is 0.134. The van der Waals surface area contributed by atoms with E-state index in [1.54, 1.807) is 12.3 Å². The Labute approximate surface area is 150 Å². The molecular formula is C20H19N5O. The molecule has 2 heterocycles. The zero-order valence-electron chi connectivity index (χ0n) is 14.5. The van der Waals surface area contributed by atoms with Crippen molar-refractivity contribution >= 4 is 16.9 Å². The Morgan fingerprint density at radius 1 is 1.08 bits per heavy atom. The van der Waals surface area contributed by atoms with Crippen LogP contribution in [0.5, 0.6) is 0 Å². The highest BCUT2D eigenvalue weighted by molar-refractivity contribution is 5.78. The maximum atomic E-state index is 12.3. The predicted octanol–water partition coefficient (Wildman–Crippen LogP) is 2.80. The Morgan fingerprint density at radius 3 is 2.69 bits per heavy atom. The fraction of sp³-hybridized carbons (Fsp3) is 0.150. The van der Waals surface area contributed by atoms with Crippen LogP contribution in [0.1, 0.15) is 11.4 Å². The van der Waals surface area contributed by atoms with Gasteiger partial charge in [-0.15, -0.1) is 0 Å². The van der Waals surface area contributed by atoms with Crippen molar-refractivity contribution in [1.29, 1.82) is 0 Å². The van der Waals surface area contributed by atoms with Gasteiger partial charge >= 0.3 is 0 Å². The van der Waals surface area contributed by atoms with Gasteiger partial charge in [0.15, 0.2) is 0 Å². The Balaban J connectivity index is 1.58. The molecule has 0 spiro atoms. The van der Waals surface area contributed by atoms with Crippen LogP contribution in [0.15, 0.2) is 71.8 Å². The third-order valence-corrected chi connectivity index (χ3v) is 4.34. The fourth-order valence-electron chi connectivity index (χ4n) is 2.96. The Morgan fingerprint density at radius 2 is 1.85 bits per heavy atom. The summed E-state index contributed by atoms with van der Waals surface area (Å²) in [5.41, 5.74) is 1.77. The summed E-state index contributed by atoms with van der Waals surface area (Å²) in [5, 5.41) is 0.593. The molecule has 2 aromatic heterocycles. The van der Waals surface area contributed by atoms with Crippen molar-refractivity contribution in [3.63, 3.8) is 0 Å². The number of aromatic amines is 1. The van der Waals surface area contributed by atoms with Gasteiger partial charge in [-0.1, -0.05) is 42.5 Å². The van der Waals surface area contributed by atoms with Crippen molar-refractivity contribution in [2.45, 2.75) is 13.1 Å². The zero-order chi connectivity index (χ0) is 17.9.